The normalized spacial score (nSPS) is 17.5. The standard InChI is InChI=1S/C15H19N5O3/c1-18-13(8-14(22)19(2)15(18)23)20-6-4-11(9-20)17-10-3-5-16-12(21)7-10/h3,5,7-8,11H,4,6,9H2,1-2H3,(H2,16,17,21)/t11-/m1/s1. The highest BCUT2D eigenvalue weighted by molar-refractivity contribution is 5.45. The largest absolute Gasteiger partial charge is 0.380 e. The lowest BCUT2D eigenvalue weighted by Crippen LogP contribution is -2.40. The molecule has 1 fully saturated rings. The van der Waals surface area contributed by atoms with Crippen molar-refractivity contribution < 1.29 is 0 Å². The number of hydrogen-bond acceptors (Lipinski definition) is 5. The molecule has 1 aliphatic rings. The van der Waals surface area contributed by atoms with Crippen LogP contribution in [0.4, 0.5) is 11.5 Å². The quantitative estimate of drug-likeness (QED) is 0.793. The number of H-pyrrole nitrogens is 1. The summed E-state index contributed by atoms with van der Waals surface area (Å²) in [5.41, 5.74) is -0.0372. The minimum atomic E-state index is -0.335. The SMILES string of the molecule is Cn1c(N2CC[C@@H](Nc3cc[nH]c(=O)c3)C2)cc(=O)n(C)c1=O. The van der Waals surface area contributed by atoms with Gasteiger partial charge in [-0.1, -0.05) is 0 Å². The zero-order valence-corrected chi connectivity index (χ0v) is 13.1. The van der Waals surface area contributed by atoms with E-state index in [1.807, 2.05) is 4.90 Å². The van der Waals surface area contributed by atoms with E-state index in [1.54, 1.807) is 19.3 Å². The minimum absolute atomic E-state index is 0.149. The van der Waals surface area contributed by atoms with Gasteiger partial charge < -0.3 is 15.2 Å². The molecule has 2 aromatic rings. The van der Waals surface area contributed by atoms with Crippen molar-refractivity contribution in [2.45, 2.75) is 12.5 Å². The summed E-state index contributed by atoms with van der Waals surface area (Å²) in [4.78, 5) is 39.8. The van der Waals surface area contributed by atoms with E-state index < -0.39 is 0 Å². The summed E-state index contributed by atoms with van der Waals surface area (Å²) in [6, 6.07) is 4.95. The van der Waals surface area contributed by atoms with Gasteiger partial charge in [0.05, 0.1) is 0 Å². The van der Waals surface area contributed by atoms with Gasteiger partial charge in [-0.2, -0.15) is 0 Å². The molecule has 1 aliphatic heterocycles. The van der Waals surface area contributed by atoms with Crippen LogP contribution in [0.2, 0.25) is 0 Å². The number of nitrogens with zero attached hydrogens (tertiary/aromatic N) is 3. The molecule has 23 heavy (non-hydrogen) atoms. The summed E-state index contributed by atoms with van der Waals surface area (Å²) in [6.07, 6.45) is 2.46. The van der Waals surface area contributed by atoms with Gasteiger partial charge in [-0.05, 0) is 12.5 Å². The van der Waals surface area contributed by atoms with Crippen LogP contribution in [0.5, 0.6) is 0 Å². The smallest absolute Gasteiger partial charge is 0.332 e. The monoisotopic (exact) mass is 317 g/mol. The number of hydrogen-bond donors (Lipinski definition) is 2. The molecule has 8 heteroatoms. The van der Waals surface area contributed by atoms with Crippen LogP contribution < -0.4 is 27.0 Å². The van der Waals surface area contributed by atoms with Crippen molar-refractivity contribution in [3.05, 3.63) is 55.6 Å². The number of pyridine rings is 1. The van der Waals surface area contributed by atoms with Crippen molar-refractivity contribution in [3.8, 4) is 0 Å². The number of rotatable bonds is 3. The summed E-state index contributed by atoms with van der Waals surface area (Å²) in [5, 5.41) is 3.31. The maximum atomic E-state index is 12.0. The van der Waals surface area contributed by atoms with Crippen LogP contribution in [-0.4, -0.2) is 33.2 Å². The zero-order valence-electron chi connectivity index (χ0n) is 13.1. The van der Waals surface area contributed by atoms with E-state index >= 15 is 0 Å². The second-order valence-electron chi connectivity index (χ2n) is 5.76. The molecule has 0 bridgehead atoms. The van der Waals surface area contributed by atoms with Crippen LogP contribution in [-0.2, 0) is 14.1 Å². The van der Waals surface area contributed by atoms with Crippen LogP contribution in [0.25, 0.3) is 0 Å². The summed E-state index contributed by atoms with van der Waals surface area (Å²) in [5.74, 6) is 0.619. The highest BCUT2D eigenvalue weighted by Crippen LogP contribution is 2.19. The minimum Gasteiger partial charge on any atom is -0.380 e. The van der Waals surface area contributed by atoms with Gasteiger partial charge in [-0.15, -0.1) is 0 Å². The Morgan fingerprint density at radius 3 is 2.70 bits per heavy atom. The number of aromatic amines is 1. The summed E-state index contributed by atoms with van der Waals surface area (Å²) < 4.78 is 2.57. The molecule has 2 N–H and O–H groups in total. The first-order chi connectivity index (χ1) is 11.0. The van der Waals surface area contributed by atoms with Crippen LogP contribution in [0.15, 0.2) is 38.8 Å². The molecule has 3 heterocycles. The van der Waals surface area contributed by atoms with Gasteiger partial charge in [0.15, 0.2) is 0 Å². The van der Waals surface area contributed by atoms with Crippen LogP contribution in [0.3, 0.4) is 0 Å². The van der Waals surface area contributed by atoms with Gasteiger partial charge >= 0.3 is 5.69 Å². The van der Waals surface area contributed by atoms with Crippen molar-refractivity contribution in [1.82, 2.24) is 14.1 Å². The van der Waals surface area contributed by atoms with Crippen molar-refractivity contribution >= 4 is 11.5 Å². The van der Waals surface area contributed by atoms with E-state index in [1.165, 1.54) is 23.7 Å². The van der Waals surface area contributed by atoms with Crippen LogP contribution in [0.1, 0.15) is 6.42 Å². The third-order valence-electron chi connectivity index (χ3n) is 4.16. The first-order valence-electron chi connectivity index (χ1n) is 7.43. The summed E-state index contributed by atoms with van der Waals surface area (Å²) >= 11 is 0. The third-order valence-corrected chi connectivity index (χ3v) is 4.16. The van der Waals surface area contributed by atoms with Gasteiger partial charge in [0, 0.05) is 57.2 Å². The maximum absolute atomic E-state index is 12.0. The van der Waals surface area contributed by atoms with Gasteiger partial charge in [0.2, 0.25) is 5.56 Å². The second kappa shape index (κ2) is 5.79. The van der Waals surface area contributed by atoms with Crippen LogP contribution >= 0.6 is 0 Å². The van der Waals surface area contributed by atoms with Gasteiger partial charge in [-0.3, -0.25) is 18.7 Å². The lowest BCUT2D eigenvalue weighted by molar-refractivity contribution is 0.672. The number of aromatic nitrogens is 3. The Morgan fingerprint density at radius 1 is 1.17 bits per heavy atom. The molecule has 0 saturated carbocycles. The van der Waals surface area contributed by atoms with Crippen molar-refractivity contribution in [3.63, 3.8) is 0 Å². The first kappa shape index (κ1) is 15.1. The molecule has 0 amide bonds. The molecule has 8 nitrogen and oxygen atoms in total. The molecule has 2 aromatic heterocycles. The Balaban J connectivity index is 1.79. The lowest BCUT2D eigenvalue weighted by Gasteiger charge is -2.22. The average Bonchev–Trinajstić information content (AvgIpc) is 2.97. The number of nitrogens with one attached hydrogen (secondary N) is 2. The van der Waals surface area contributed by atoms with E-state index in [9.17, 15) is 14.4 Å². The van der Waals surface area contributed by atoms with Crippen molar-refractivity contribution in [1.29, 1.82) is 0 Å². The summed E-state index contributed by atoms with van der Waals surface area (Å²) in [7, 11) is 3.13. The predicted molar refractivity (Wildman–Crippen MR) is 88.2 cm³/mol. The molecule has 3 rings (SSSR count). The molecule has 0 aromatic carbocycles. The van der Waals surface area contributed by atoms with Gasteiger partial charge in [-0.25, -0.2) is 4.79 Å². The maximum Gasteiger partial charge on any atom is 0.332 e. The predicted octanol–water partition coefficient (Wildman–Crippen LogP) is -0.537. The molecule has 1 atom stereocenters. The second-order valence-corrected chi connectivity index (χ2v) is 5.76. The first-order valence-corrected chi connectivity index (χ1v) is 7.43. The lowest BCUT2D eigenvalue weighted by atomic mass is 10.2. The van der Waals surface area contributed by atoms with E-state index in [-0.39, 0.29) is 22.9 Å². The topological polar surface area (TPSA) is 92.1 Å². The van der Waals surface area contributed by atoms with Crippen molar-refractivity contribution in [2.24, 2.45) is 14.1 Å². The molecule has 0 radical (unpaired) electrons. The molecule has 122 valence electrons. The van der Waals surface area contributed by atoms with Gasteiger partial charge in [0.25, 0.3) is 5.56 Å². The van der Waals surface area contributed by atoms with E-state index in [2.05, 4.69) is 10.3 Å². The van der Waals surface area contributed by atoms with E-state index in [4.69, 9.17) is 0 Å². The number of anilines is 2. The molecule has 1 saturated heterocycles. The zero-order chi connectivity index (χ0) is 16.6. The Morgan fingerprint density at radius 2 is 1.96 bits per heavy atom. The van der Waals surface area contributed by atoms with E-state index in [0.717, 1.165) is 23.2 Å². The highest BCUT2D eigenvalue weighted by Gasteiger charge is 2.25. The molecule has 0 unspecified atom stereocenters. The molecular formula is C15H19N5O3. The Kier molecular flexibility index (Phi) is 3.81. The summed E-state index contributed by atoms with van der Waals surface area (Å²) in [6.45, 7) is 1.40. The van der Waals surface area contributed by atoms with E-state index in [0.29, 0.717) is 12.4 Å². The highest BCUT2D eigenvalue weighted by atomic mass is 16.2. The molecule has 0 spiro atoms. The third kappa shape index (κ3) is 2.92. The van der Waals surface area contributed by atoms with Gasteiger partial charge in [0.1, 0.15) is 5.82 Å². The average molecular weight is 317 g/mol. The Hall–Kier alpha value is -2.77. The van der Waals surface area contributed by atoms with Crippen LogP contribution in [0, 0.1) is 0 Å². The Bertz CT molecular complexity index is 895. The Labute approximate surface area is 132 Å². The van der Waals surface area contributed by atoms with Crippen molar-refractivity contribution in [2.75, 3.05) is 23.3 Å². The molecule has 0 aliphatic carbocycles. The fourth-order valence-electron chi connectivity index (χ4n) is 2.88. The fourth-order valence-corrected chi connectivity index (χ4v) is 2.88. The fraction of sp³-hybridized carbons (Fsp3) is 0.400. The molecular weight excluding hydrogens is 298 g/mol.